The fraction of sp³-hybridized carbons (Fsp3) is 0.375. The first-order chi connectivity index (χ1) is 10.9. The van der Waals surface area contributed by atoms with Gasteiger partial charge in [0.2, 0.25) is 0 Å². The summed E-state index contributed by atoms with van der Waals surface area (Å²) in [7, 11) is -3.38. The van der Waals surface area contributed by atoms with Gasteiger partial charge >= 0.3 is 0 Å². The number of hydrogen-bond donors (Lipinski definition) is 2. The molecule has 6 nitrogen and oxygen atoms in total. The topological polar surface area (TPSA) is 92.2 Å². The van der Waals surface area contributed by atoms with Crippen molar-refractivity contribution in [3.63, 3.8) is 0 Å². The average Bonchev–Trinajstić information content (AvgIpc) is 2.55. The Bertz CT molecular complexity index is 798. The van der Waals surface area contributed by atoms with E-state index in [1.807, 2.05) is 0 Å². The minimum Gasteiger partial charge on any atom is -0.508 e. The monoisotopic (exact) mass is 333 g/mol. The summed E-state index contributed by atoms with van der Waals surface area (Å²) in [5, 5.41) is 12.7. The van der Waals surface area contributed by atoms with Gasteiger partial charge in [0.25, 0.3) is 0 Å². The van der Waals surface area contributed by atoms with E-state index in [0.717, 1.165) is 24.9 Å². The molecule has 122 valence electrons. The Morgan fingerprint density at radius 2 is 2.00 bits per heavy atom. The summed E-state index contributed by atoms with van der Waals surface area (Å²) in [4.78, 5) is 8.96. The van der Waals surface area contributed by atoms with Crippen LogP contribution in [0.4, 0.5) is 0 Å². The first kappa shape index (κ1) is 15.9. The lowest BCUT2D eigenvalue weighted by Crippen LogP contribution is -2.30. The van der Waals surface area contributed by atoms with E-state index >= 15 is 0 Å². The van der Waals surface area contributed by atoms with E-state index in [-0.39, 0.29) is 16.6 Å². The number of piperidine rings is 1. The Balaban J connectivity index is 2.08. The number of hydrogen-bond acceptors (Lipinski definition) is 6. The van der Waals surface area contributed by atoms with Gasteiger partial charge < -0.3 is 10.4 Å². The summed E-state index contributed by atoms with van der Waals surface area (Å²) < 4.78 is 24.1. The molecular weight excluding hydrogens is 314 g/mol. The second-order valence-corrected chi connectivity index (χ2v) is 7.79. The molecule has 3 rings (SSSR count). The molecule has 1 aliphatic heterocycles. The van der Waals surface area contributed by atoms with Crippen molar-refractivity contribution in [2.45, 2.75) is 23.7 Å². The van der Waals surface area contributed by atoms with Gasteiger partial charge in [-0.3, -0.25) is 0 Å². The Morgan fingerprint density at radius 1 is 1.26 bits per heavy atom. The van der Waals surface area contributed by atoms with Crippen molar-refractivity contribution in [3.8, 4) is 17.1 Å². The van der Waals surface area contributed by atoms with E-state index in [1.54, 1.807) is 24.3 Å². The van der Waals surface area contributed by atoms with Crippen molar-refractivity contribution in [2.75, 3.05) is 19.3 Å². The van der Waals surface area contributed by atoms with Crippen molar-refractivity contribution in [1.82, 2.24) is 15.3 Å². The molecule has 1 aromatic carbocycles. The molecule has 1 saturated heterocycles. The second kappa shape index (κ2) is 6.25. The zero-order valence-corrected chi connectivity index (χ0v) is 13.7. The molecule has 0 spiro atoms. The van der Waals surface area contributed by atoms with Crippen LogP contribution in [0.25, 0.3) is 11.4 Å². The summed E-state index contributed by atoms with van der Waals surface area (Å²) >= 11 is 0. The highest BCUT2D eigenvalue weighted by atomic mass is 32.2. The molecular formula is C16H19N3O3S. The summed E-state index contributed by atoms with van der Waals surface area (Å²) in [6.45, 7) is 1.66. The maximum atomic E-state index is 12.1. The minimum atomic E-state index is -3.38. The van der Waals surface area contributed by atoms with Gasteiger partial charge in [0, 0.05) is 30.5 Å². The van der Waals surface area contributed by atoms with Crippen LogP contribution in [0.2, 0.25) is 0 Å². The van der Waals surface area contributed by atoms with Crippen molar-refractivity contribution in [3.05, 3.63) is 36.2 Å². The Morgan fingerprint density at radius 3 is 2.61 bits per heavy atom. The molecule has 1 aromatic heterocycles. The molecule has 7 heteroatoms. The van der Waals surface area contributed by atoms with E-state index in [2.05, 4.69) is 15.3 Å². The predicted octanol–water partition coefficient (Wildman–Crippen LogP) is 1.72. The van der Waals surface area contributed by atoms with Crippen LogP contribution in [0.5, 0.6) is 5.75 Å². The SMILES string of the molecule is CS(=O)(=O)c1cnc(-c2ccc(O)cc2)nc1C1CCCNC1. The van der Waals surface area contributed by atoms with Crippen LogP contribution >= 0.6 is 0 Å². The Hall–Kier alpha value is -1.99. The van der Waals surface area contributed by atoms with Gasteiger partial charge in [0.1, 0.15) is 10.6 Å². The van der Waals surface area contributed by atoms with Crippen LogP contribution in [-0.4, -0.2) is 42.8 Å². The zero-order valence-electron chi connectivity index (χ0n) is 12.9. The Labute approximate surface area is 135 Å². The molecule has 1 unspecified atom stereocenters. The minimum absolute atomic E-state index is 0.0624. The summed E-state index contributed by atoms with van der Waals surface area (Å²) in [5.41, 5.74) is 1.32. The Kier molecular flexibility index (Phi) is 4.32. The van der Waals surface area contributed by atoms with E-state index in [9.17, 15) is 13.5 Å². The molecule has 2 aromatic rings. The average molecular weight is 333 g/mol. The standard InChI is InChI=1S/C16H19N3O3S/c1-23(21,22)14-10-18-16(11-4-6-13(20)7-5-11)19-15(14)12-3-2-8-17-9-12/h4-7,10,12,17,20H,2-3,8-9H2,1H3. The van der Waals surface area contributed by atoms with E-state index < -0.39 is 9.84 Å². The third-order valence-corrected chi connectivity index (χ3v) is 5.10. The molecule has 23 heavy (non-hydrogen) atoms. The van der Waals surface area contributed by atoms with Gasteiger partial charge in [-0.1, -0.05) is 0 Å². The highest BCUT2D eigenvalue weighted by Crippen LogP contribution is 2.29. The molecule has 1 atom stereocenters. The van der Waals surface area contributed by atoms with Crippen LogP contribution in [0.3, 0.4) is 0 Å². The maximum Gasteiger partial charge on any atom is 0.178 e. The number of sulfone groups is 1. The van der Waals surface area contributed by atoms with E-state index in [1.165, 1.54) is 12.5 Å². The summed E-state index contributed by atoms with van der Waals surface area (Å²) in [6.07, 6.45) is 4.48. The number of nitrogens with zero attached hydrogens (tertiary/aromatic N) is 2. The molecule has 0 bridgehead atoms. The fourth-order valence-electron chi connectivity index (χ4n) is 2.80. The van der Waals surface area contributed by atoms with Gasteiger partial charge in [-0.25, -0.2) is 18.4 Å². The number of phenols is 1. The fourth-order valence-corrected chi connectivity index (χ4v) is 3.63. The molecule has 0 saturated carbocycles. The van der Waals surface area contributed by atoms with Crippen LogP contribution in [0.1, 0.15) is 24.5 Å². The number of nitrogens with one attached hydrogen (secondary N) is 1. The van der Waals surface area contributed by atoms with Gasteiger partial charge in [-0.15, -0.1) is 0 Å². The maximum absolute atomic E-state index is 12.1. The molecule has 0 amide bonds. The normalized spacial score (nSPS) is 18.7. The van der Waals surface area contributed by atoms with Crippen LogP contribution in [0.15, 0.2) is 35.4 Å². The lowest BCUT2D eigenvalue weighted by atomic mass is 9.96. The van der Waals surface area contributed by atoms with Crippen molar-refractivity contribution in [2.24, 2.45) is 0 Å². The summed E-state index contributed by atoms with van der Waals surface area (Å²) in [6, 6.07) is 6.55. The van der Waals surface area contributed by atoms with Crippen LogP contribution in [0, 0.1) is 0 Å². The number of aromatic nitrogens is 2. The van der Waals surface area contributed by atoms with Gasteiger partial charge in [-0.05, 0) is 43.7 Å². The van der Waals surface area contributed by atoms with E-state index in [4.69, 9.17) is 0 Å². The lowest BCUT2D eigenvalue weighted by molar-refractivity contribution is 0.448. The van der Waals surface area contributed by atoms with Gasteiger partial charge in [0.15, 0.2) is 15.7 Å². The number of rotatable bonds is 3. The molecule has 1 fully saturated rings. The van der Waals surface area contributed by atoms with Crippen molar-refractivity contribution in [1.29, 1.82) is 0 Å². The smallest absolute Gasteiger partial charge is 0.178 e. The largest absolute Gasteiger partial charge is 0.508 e. The molecule has 0 aliphatic carbocycles. The quantitative estimate of drug-likeness (QED) is 0.888. The second-order valence-electron chi connectivity index (χ2n) is 5.81. The first-order valence-electron chi connectivity index (χ1n) is 7.52. The highest BCUT2D eigenvalue weighted by molar-refractivity contribution is 7.90. The van der Waals surface area contributed by atoms with Gasteiger partial charge in [-0.2, -0.15) is 0 Å². The number of benzene rings is 1. The third kappa shape index (κ3) is 3.51. The lowest BCUT2D eigenvalue weighted by Gasteiger charge is -2.24. The summed E-state index contributed by atoms with van der Waals surface area (Å²) in [5.74, 6) is 0.698. The first-order valence-corrected chi connectivity index (χ1v) is 9.41. The highest BCUT2D eigenvalue weighted by Gasteiger charge is 2.25. The van der Waals surface area contributed by atoms with Crippen LogP contribution < -0.4 is 5.32 Å². The third-order valence-electron chi connectivity index (χ3n) is 3.99. The predicted molar refractivity (Wildman–Crippen MR) is 87.1 cm³/mol. The van der Waals surface area contributed by atoms with Crippen LogP contribution in [-0.2, 0) is 9.84 Å². The zero-order chi connectivity index (χ0) is 16.4. The van der Waals surface area contributed by atoms with E-state index in [0.29, 0.717) is 18.1 Å². The molecule has 1 aliphatic rings. The molecule has 2 N–H and O–H groups in total. The molecule has 0 radical (unpaired) electrons. The molecule has 2 heterocycles. The van der Waals surface area contributed by atoms with Gasteiger partial charge in [0.05, 0.1) is 5.69 Å². The number of aromatic hydroxyl groups is 1. The van der Waals surface area contributed by atoms with Crippen molar-refractivity contribution < 1.29 is 13.5 Å². The number of phenolic OH excluding ortho intramolecular Hbond substituents is 1. The van der Waals surface area contributed by atoms with Crippen molar-refractivity contribution >= 4 is 9.84 Å².